The lowest BCUT2D eigenvalue weighted by Gasteiger charge is -2.30. The number of ether oxygens (including phenoxy) is 1. The van der Waals surface area contributed by atoms with Crippen LogP contribution in [0.15, 0.2) is 42.5 Å². The molecule has 28 heavy (non-hydrogen) atoms. The highest BCUT2D eigenvalue weighted by atomic mass is 16.5. The van der Waals surface area contributed by atoms with Gasteiger partial charge >= 0.3 is 0 Å². The van der Waals surface area contributed by atoms with Gasteiger partial charge in [0.25, 0.3) is 5.91 Å². The van der Waals surface area contributed by atoms with Crippen molar-refractivity contribution in [3.8, 4) is 5.75 Å². The Labute approximate surface area is 168 Å². The first-order valence-corrected chi connectivity index (χ1v) is 10.3. The zero-order valence-corrected chi connectivity index (χ0v) is 17.3. The number of nitrogens with one attached hydrogen (secondary N) is 1. The van der Waals surface area contributed by atoms with E-state index in [4.69, 9.17) is 4.74 Å². The third-order valence-corrected chi connectivity index (χ3v) is 5.21. The van der Waals surface area contributed by atoms with Crippen LogP contribution < -0.4 is 10.1 Å². The van der Waals surface area contributed by atoms with Crippen molar-refractivity contribution in [1.29, 1.82) is 0 Å². The molecule has 1 fully saturated rings. The maximum Gasteiger partial charge on any atom is 0.251 e. The van der Waals surface area contributed by atoms with E-state index in [0.717, 1.165) is 18.2 Å². The van der Waals surface area contributed by atoms with Gasteiger partial charge in [-0.2, -0.15) is 0 Å². The SMILES string of the molecule is Cc1cc(C)cc(OCCNC(=O)c2ccc(CN3CCC[C@@H](C)C3)cc2)c1. The molecule has 0 spiro atoms. The van der Waals surface area contributed by atoms with E-state index in [1.807, 2.05) is 24.3 Å². The van der Waals surface area contributed by atoms with Crippen LogP contribution in [-0.4, -0.2) is 37.0 Å². The van der Waals surface area contributed by atoms with Crippen LogP contribution in [0.4, 0.5) is 0 Å². The predicted molar refractivity (Wildman–Crippen MR) is 114 cm³/mol. The van der Waals surface area contributed by atoms with Crippen molar-refractivity contribution in [3.63, 3.8) is 0 Å². The Morgan fingerprint density at radius 3 is 2.54 bits per heavy atom. The first-order valence-electron chi connectivity index (χ1n) is 10.3. The summed E-state index contributed by atoms with van der Waals surface area (Å²) in [4.78, 5) is 14.8. The molecule has 0 unspecified atom stereocenters. The van der Waals surface area contributed by atoms with Crippen molar-refractivity contribution >= 4 is 5.91 Å². The third-order valence-electron chi connectivity index (χ3n) is 5.21. The maximum absolute atomic E-state index is 12.3. The van der Waals surface area contributed by atoms with Crippen molar-refractivity contribution in [2.24, 2.45) is 5.92 Å². The molecule has 1 saturated heterocycles. The highest BCUT2D eigenvalue weighted by Gasteiger charge is 2.16. The summed E-state index contributed by atoms with van der Waals surface area (Å²) in [5.74, 6) is 1.58. The molecule has 1 aliphatic heterocycles. The standard InChI is InChI=1S/C24H32N2O2/c1-18-5-4-11-26(16-18)17-21-6-8-22(9-7-21)24(27)25-10-12-28-23-14-19(2)13-20(3)15-23/h6-9,13-15,18H,4-5,10-12,16-17H2,1-3H3,(H,25,27)/t18-/m1/s1. The summed E-state index contributed by atoms with van der Waals surface area (Å²) in [5.41, 5.74) is 4.32. The molecular weight excluding hydrogens is 348 g/mol. The molecule has 1 N–H and O–H groups in total. The number of aryl methyl sites for hydroxylation is 2. The molecule has 0 radical (unpaired) electrons. The minimum Gasteiger partial charge on any atom is -0.492 e. The zero-order valence-electron chi connectivity index (χ0n) is 17.3. The molecule has 150 valence electrons. The van der Waals surface area contributed by atoms with E-state index < -0.39 is 0 Å². The van der Waals surface area contributed by atoms with Crippen molar-refractivity contribution in [3.05, 3.63) is 64.7 Å². The summed E-state index contributed by atoms with van der Waals surface area (Å²) in [7, 11) is 0. The normalized spacial score (nSPS) is 17.3. The molecule has 1 amide bonds. The average Bonchev–Trinajstić information content (AvgIpc) is 2.65. The minimum atomic E-state index is -0.0535. The van der Waals surface area contributed by atoms with Crippen molar-refractivity contribution < 1.29 is 9.53 Å². The fourth-order valence-corrected chi connectivity index (χ4v) is 3.90. The second kappa shape index (κ2) is 9.74. The molecule has 0 bridgehead atoms. The third kappa shape index (κ3) is 6.10. The molecule has 4 heteroatoms. The summed E-state index contributed by atoms with van der Waals surface area (Å²) in [5, 5.41) is 2.93. The fourth-order valence-electron chi connectivity index (χ4n) is 3.90. The number of nitrogens with zero attached hydrogens (tertiary/aromatic N) is 1. The molecule has 3 rings (SSSR count). The van der Waals surface area contributed by atoms with Gasteiger partial charge in [0.15, 0.2) is 0 Å². The molecular formula is C24H32N2O2. The Balaban J connectivity index is 1.42. The predicted octanol–water partition coefficient (Wildman–Crippen LogP) is 4.34. The maximum atomic E-state index is 12.3. The van der Waals surface area contributed by atoms with Crippen LogP contribution in [0, 0.1) is 19.8 Å². The van der Waals surface area contributed by atoms with E-state index in [1.54, 1.807) is 0 Å². The number of piperidine rings is 1. The highest BCUT2D eigenvalue weighted by molar-refractivity contribution is 5.94. The molecule has 1 aliphatic rings. The topological polar surface area (TPSA) is 41.6 Å². The number of amides is 1. The fraction of sp³-hybridized carbons (Fsp3) is 0.458. The van der Waals surface area contributed by atoms with Gasteiger partial charge in [0.2, 0.25) is 0 Å². The number of rotatable bonds is 7. The van der Waals surface area contributed by atoms with Crippen LogP contribution in [0.2, 0.25) is 0 Å². The Morgan fingerprint density at radius 1 is 1.14 bits per heavy atom. The number of carbonyl (C=O) groups excluding carboxylic acids is 1. The molecule has 1 atom stereocenters. The Morgan fingerprint density at radius 2 is 1.86 bits per heavy atom. The molecule has 2 aromatic rings. The van der Waals surface area contributed by atoms with E-state index in [9.17, 15) is 4.79 Å². The van der Waals surface area contributed by atoms with Crippen LogP contribution in [0.25, 0.3) is 0 Å². The van der Waals surface area contributed by atoms with Gasteiger partial charge in [-0.3, -0.25) is 9.69 Å². The van der Waals surface area contributed by atoms with Gasteiger partial charge in [-0.05, 0) is 80.1 Å². The van der Waals surface area contributed by atoms with Gasteiger partial charge in [0, 0.05) is 18.7 Å². The van der Waals surface area contributed by atoms with E-state index in [-0.39, 0.29) is 5.91 Å². The number of benzene rings is 2. The summed E-state index contributed by atoms with van der Waals surface area (Å²) in [6.07, 6.45) is 2.62. The molecule has 4 nitrogen and oxygen atoms in total. The summed E-state index contributed by atoms with van der Waals surface area (Å²) >= 11 is 0. The minimum absolute atomic E-state index is 0.0535. The largest absolute Gasteiger partial charge is 0.492 e. The van der Waals surface area contributed by atoms with Gasteiger partial charge in [-0.15, -0.1) is 0 Å². The number of carbonyl (C=O) groups is 1. The van der Waals surface area contributed by atoms with Crippen LogP contribution in [0.1, 0.15) is 46.8 Å². The molecule has 2 aromatic carbocycles. The second-order valence-electron chi connectivity index (χ2n) is 8.11. The molecule has 0 saturated carbocycles. The quantitative estimate of drug-likeness (QED) is 0.727. The highest BCUT2D eigenvalue weighted by Crippen LogP contribution is 2.18. The van der Waals surface area contributed by atoms with E-state index >= 15 is 0 Å². The molecule has 0 aromatic heterocycles. The summed E-state index contributed by atoms with van der Waals surface area (Å²) < 4.78 is 5.75. The monoisotopic (exact) mass is 380 g/mol. The molecule has 1 heterocycles. The Kier molecular flexibility index (Phi) is 7.10. The number of hydrogen-bond donors (Lipinski definition) is 1. The van der Waals surface area contributed by atoms with Gasteiger partial charge < -0.3 is 10.1 Å². The van der Waals surface area contributed by atoms with E-state index in [2.05, 4.69) is 49.2 Å². The van der Waals surface area contributed by atoms with Crippen molar-refractivity contribution in [2.45, 2.75) is 40.2 Å². The summed E-state index contributed by atoms with van der Waals surface area (Å²) in [6, 6.07) is 14.1. The Bertz CT molecular complexity index is 765. The first-order chi connectivity index (χ1) is 13.5. The lowest BCUT2D eigenvalue weighted by Crippen LogP contribution is -2.33. The van der Waals surface area contributed by atoms with Crippen LogP contribution >= 0.6 is 0 Å². The lowest BCUT2D eigenvalue weighted by molar-refractivity contribution is 0.0947. The number of hydrogen-bond acceptors (Lipinski definition) is 3. The van der Waals surface area contributed by atoms with E-state index in [1.165, 1.54) is 42.6 Å². The number of likely N-dealkylation sites (tertiary alicyclic amines) is 1. The smallest absolute Gasteiger partial charge is 0.251 e. The summed E-state index contributed by atoms with van der Waals surface area (Å²) in [6.45, 7) is 10.7. The van der Waals surface area contributed by atoms with Crippen LogP contribution in [0.5, 0.6) is 5.75 Å². The van der Waals surface area contributed by atoms with Gasteiger partial charge in [-0.1, -0.05) is 25.1 Å². The second-order valence-corrected chi connectivity index (χ2v) is 8.11. The van der Waals surface area contributed by atoms with Crippen LogP contribution in [0.3, 0.4) is 0 Å². The Hall–Kier alpha value is -2.33. The van der Waals surface area contributed by atoms with Gasteiger partial charge in [0.1, 0.15) is 12.4 Å². The van der Waals surface area contributed by atoms with E-state index in [0.29, 0.717) is 18.7 Å². The zero-order chi connectivity index (χ0) is 19.9. The van der Waals surface area contributed by atoms with Crippen molar-refractivity contribution in [2.75, 3.05) is 26.2 Å². The lowest BCUT2D eigenvalue weighted by atomic mass is 9.99. The molecule has 0 aliphatic carbocycles. The first kappa shape index (κ1) is 20.4. The van der Waals surface area contributed by atoms with Crippen molar-refractivity contribution in [1.82, 2.24) is 10.2 Å². The average molecular weight is 381 g/mol. The van der Waals surface area contributed by atoms with Crippen LogP contribution in [-0.2, 0) is 6.54 Å². The van der Waals surface area contributed by atoms with Gasteiger partial charge in [0.05, 0.1) is 6.54 Å². The van der Waals surface area contributed by atoms with Gasteiger partial charge in [-0.25, -0.2) is 0 Å².